The van der Waals surface area contributed by atoms with Crippen molar-refractivity contribution >= 4 is 11.9 Å². The number of nitrogens with two attached hydrogens (primary N) is 2. The van der Waals surface area contributed by atoms with E-state index in [1.54, 1.807) is 0 Å². The summed E-state index contributed by atoms with van der Waals surface area (Å²) in [5, 5.41) is 8.37. The lowest BCUT2D eigenvalue weighted by Crippen LogP contribution is -2.37. The largest absolute Gasteiger partial charge is 0.394 e. The molecular formula is C6H10N2O4. The molecule has 0 aromatic carbocycles. The van der Waals surface area contributed by atoms with Gasteiger partial charge in [0.2, 0.25) is 0 Å². The van der Waals surface area contributed by atoms with Gasteiger partial charge in [0.1, 0.15) is 11.7 Å². The quantitative estimate of drug-likeness (QED) is 0.255. The van der Waals surface area contributed by atoms with Crippen LogP contribution in [0.3, 0.4) is 0 Å². The SMILES string of the molecule is C=C(N)C(=O)OC(=O)[C@@H](N)CO. The molecule has 0 aliphatic heterocycles. The van der Waals surface area contributed by atoms with E-state index in [0.717, 1.165) is 0 Å². The predicted molar refractivity (Wildman–Crippen MR) is 39.5 cm³/mol. The molecule has 5 N–H and O–H groups in total. The number of carbonyl (C=O) groups is 2. The first-order chi connectivity index (χ1) is 5.49. The highest BCUT2D eigenvalue weighted by Gasteiger charge is 2.18. The molecule has 0 aliphatic carbocycles. The van der Waals surface area contributed by atoms with Gasteiger partial charge in [0.25, 0.3) is 0 Å². The third-order valence-electron chi connectivity index (χ3n) is 0.955. The summed E-state index contributed by atoms with van der Waals surface area (Å²) in [6, 6.07) is -1.23. The van der Waals surface area contributed by atoms with Crippen LogP contribution in [0.2, 0.25) is 0 Å². The van der Waals surface area contributed by atoms with Crippen LogP contribution >= 0.6 is 0 Å². The maximum Gasteiger partial charge on any atom is 0.361 e. The average molecular weight is 174 g/mol. The Morgan fingerprint density at radius 1 is 1.58 bits per heavy atom. The molecule has 0 saturated heterocycles. The first-order valence-electron chi connectivity index (χ1n) is 3.06. The first-order valence-corrected chi connectivity index (χ1v) is 3.06. The van der Waals surface area contributed by atoms with E-state index in [0.29, 0.717) is 0 Å². The zero-order chi connectivity index (χ0) is 9.72. The Morgan fingerprint density at radius 3 is 2.42 bits per heavy atom. The van der Waals surface area contributed by atoms with Crippen LogP contribution in [0.1, 0.15) is 0 Å². The number of hydrogen-bond acceptors (Lipinski definition) is 6. The summed E-state index contributed by atoms with van der Waals surface area (Å²) in [6.45, 7) is 2.45. The van der Waals surface area contributed by atoms with Crippen LogP contribution in [0.25, 0.3) is 0 Å². The zero-order valence-corrected chi connectivity index (χ0v) is 6.32. The summed E-state index contributed by atoms with van der Waals surface area (Å²) in [7, 11) is 0. The fourth-order valence-electron chi connectivity index (χ4n) is 0.307. The molecule has 6 nitrogen and oxygen atoms in total. The van der Waals surface area contributed by atoms with E-state index in [9.17, 15) is 9.59 Å². The maximum absolute atomic E-state index is 10.7. The van der Waals surface area contributed by atoms with Crippen LogP contribution in [0.15, 0.2) is 12.3 Å². The van der Waals surface area contributed by atoms with E-state index in [-0.39, 0.29) is 0 Å². The van der Waals surface area contributed by atoms with Gasteiger partial charge in [0, 0.05) is 0 Å². The Morgan fingerprint density at radius 2 is 2.08 bits per heavy atom. The van der Waals surface area contributed by atoms with Crippen LogP contribution in [0.5, 0.6) is 0 Å². The second-order valence-corrected chi connectivity index (χ2v) is 2.02. The van der Waals surface area contributed by atoms with Gasteiger partial charge < -0.3 is 21.3 Å². The van der Waals surface area contributed by atoms with Crippen LogP contribution in [-0.2, 0) is 14.3 Å². The van der Waals surface area contributed by atoms with Gasteiger partial charge in [0.05, 0.1) is 6.61 Å². The van der Waals surface area contributed by atoms with Gasteiger partial charge >= 0.3 is 11.9 Å². The van der Waals surface area contributed by atoms with E-state index in [1.165, 1.54) is 0 Å². The molecule has 0 aliphatic rings. The van der Waals surface area contributed by atoms with Crippen molar-refractivity contribution in [2.45, 2.75) is 6.04 Å². The third kappa shape index (κ3) is 3.13. The van der Waals surface area contributed by atoms with Gasteiger partial charge in [-0.05, 0) is 0 Å². The lowest BCUT2D eigenvalue weighted by atomic mass is 10.3. The predicted octanol–water partition coefficient (Wildman–Crippen LogP) is -2.15. The molecule has 0 spiro atoms. The smallest absolute Gasteiger partial charge is 0.361 e. The lowest BCUT2D eigenvalue weighted by Gasteiger charge is -2.05. The van der Waals surface area contributed by atoms with Gasteiger partial charge in [0.15, 0.2) is 0 Å². The van der Waals surface area contributed by atoms with Crippen molar-refractivity contribution in [3.63, 3.8) is 0 Å². The summed E-state index contributed by atoms with van der Waals surface area (Å²) < 4.78 is 4.08. The standard InChI is InChI=1S/C6H10N2O4/c1-3(7)5(10)12-6(11)4(8)2-9/h4,9H,1-2,7-8H2/t4-/m0/s1. The highest BCUT2D eigenvalue weighted by molar-refractivity contribution is 5.96. The van der Waals surface area contributed by atoms with E-state index in [2.05, 4.69) is 11.3 Å². The molecule has 68 valence electrons. The van der Waals surface area contributed by atoms with E-state index in [1.807, 2.05) is 0 Å². The van der Waals surface area contributed by atoms with Crippen LogP contribution in [0, 0.1) is 0 Å². The Hall–Kier alpha value is -1.40. The number of aliphatic hydroxyl groups excluding tert-OH is 1. The van der Waals surface area contributed by atoms with Crippen molar-refractivity contribution in [2.24, 2.45) is 11.5 Å². The minimum Gasteiger partial charge on any atom is -0.394 e. The second kappa shape index (κ2) is 4.47. The fourth-order valence-corrected chi connectivity index (χ4v) is 0.307. The Kier molecular flexibility index (Phi) is 3.95. The first kappa shape index (κ1) is 10.6. The summed E-state index contributed by atoms with van der Waals surface area (Å²) in [4.78, 5) is 21.2. The van der Waals surface area contributed by atoms with Crippen molar-refractivity contribution < 1.29 is 19.4 Å². The molecule has 0 aromatic rings. The molecule has 1 atom stereocenters. The summed E-state index contributed by atoms with van der Waals surface area (Å²) in [6.07, 6.45) is 0. The monoisotopic (exact) mass is 174 g/mol. The zero-order valence-electron chi connectivity index (χ0n) is 6.32. The minimum absolute atomic E-state index is 0.395. The average Bonchev–Trinajstić information content (AvgIpc) is 2.02. The Bertz CT molecular complexity index is 214. The maximum atomic E-state index is 10.7. The van der Waals surface area contributed by atoms with Crippen LogP contribution < -0.4 is 11.5 Å². The molecule has 0 bridgehead atoms. The molecule has 0 fully saturated rings. The number of hydrogen-bond donors (Lipinski definition) is 3. The molecule has 0 unspecified atom stereocenters. The number of rotatable bonds is 3. The topological polar surface area (TPSA) is 116 Å². The van der Waals surface area contributed by atoms with E-state index < -0.39 is 30.3 Å². The molecule has 0 heterocycles. The lowest BCUT2D eigenvalue weighted by molar-refractivity contribution is -0.158. The van der Waals surface area contributed by atoms with Gasteiger partial charge in [-0.3, -0.25) is 0 Å². The van der Waals surface area contributed by atoms with E-state index >= 15 is 0 Å². The molecular weight excluding hydrogens is 164 g/mol. The van der Waals surface area contributed by atoms with Crippen molar-refractivity contribution in [1.29, 1.82) is 0 Å². The fraction of sp³-hybridized carbons (Fsp3) is 0.333. The normalized spacial score (nSPS) is 11.8. The number of esters is 2. The van der Waals surface area contributed by atoms with Gasteiger partial charge in [-0.15, -0.1) is 0 Å². The highest BCUT2D eigenvalue weighted by Crippen LogP contribution is 1.89. The number of aliphatic hydroxyl groups is 1. The van der Waals surface area contributed by atoms with Gasteiger partial charge in [-0.1, -0.05) is 6.58 Å². The van der Waals surface area contributed by atoms with Crippen molar-refractivity contribution in [3.05, 3.63) is 12.3 Å². The molecule has 12 heavy (non-hydrogen) atoms. The molecule has 0 aromatic heterocycles. The molecule has 0 radical (unpaired) electrons. The summed E-state index contributed by atoms with van der Waals surface area (Å²) in [5.41, 5.74) is 9.52. The number of carbonyl (C=O) groups excluding carboxylic acids is 2. The second-order valence-electron chi connectivity index (χ2n) is 2.02. The highest BCUT2D eigenvalue weighted by atomic mass is 16.6. The summed E-state index contributed by atoms with van der Waals surface area (Å²) >= 11 is 0. The molecule has 0 saturated carbocycles. The van der Waals surface area contributed by atoms with Crippen molar-refractivity contribution in [2.75, 3.05) is 6.61 Å². The minimum atomic E-state index is -1.23. The van der Waals surface area contributed by atoms with Crippen molar-refractivity contribution in [1.82, 2.24) is 0 Å². The van der Waals surface area contributed by atoms with Gasteiger partial charge in [-0.25, -0.2) is 9.59 Å². The van der Waals surface area contributed by atoms with Crippen LogP contribution in [0.4, 0.5) is 0 Å². The van der Waals surface area contributed by atoms with Crippen molar-refractivity contribution in [3.8, 4) is 0 Å². The number of ether oxygens (including phenoxy) is 1. The third-order valence-corrected chi connectivity index (χ3v) is 0.955. The van der Waals surface area contributed by atoms with E-state index in [4.69, 9.17) is 16.6 Å². The van der Waals surface area contributed by atoms with Crippen LogP contribution in [-0.4, -0.2) is 29.7 Å². The molecule has 0 rings (SSSR count). The molecule has 0 amide bonds. The van der Waals surface area contributed by atoms with Gasteiger partial charge in [-0.2, -0.15) is 0 Å². The Labute approximate surface area is 68.8 Å². The summed E-state index contributed by atoms with van der Waals surface area (Å²) in [5.74, 6) is -2.09. The molecule has 6 heteroatoms. The Balaban J connectivity index is 4.01.